The smallest absolute Gasteiger partial charge is 0.356 e. The molecule has 0 aliphatic carbocycles. The summed E-state index contributed by atoms with van der Waals surface area (Å²) in [6, 6.07) is 0.00330. The van der Waals surface area contributed by atoms with Crippen molar-refractivity contribution >= 4 is 11.9 Å². The van der Waals surface area contributed by atoms with Gasteiger partial charge >= 0.3 is 6.18 Å². The van der Waals surface area contributed by atoms with Crippen LogP contribution in [0.2, 0.25) is 0 Å². The second kappa shape index (κ2) is 9.47. The van der Waals surface area contributed by atoms with Gasteiger partial charge in [-0.1, -0.05) is 0 Å². The van der Waals surface area contributed by atoms with E-state index in [0.29, 0.717) is 43.7 Å². The molecule has 5 heterocycles. The largest absolute Gasteiger partial charge is 0.419 e. The number of carbonyl (C=O) groups excluding carboxylic acids is 1. The number of halogens is 3. The summed E-state index contributed by atoms with van der Waals surface area (Å²) in [4.78, 5) is 26.3. The third kappa shape index (κ3) is 5.34. The number of nitrogens with zero attached hydrogens (tertiary/aromatic N) is 5. The van der Waals surface area contributed by atoms with Gasteiger partial charge in [0.1, 0.15) is 11.3 Å². The molecule has 3 aromatic rings. The summed E-state index contributed by atoms with van der Waals surface area (Å²) in [5, 5.41) is 10.8. The van der Waals surface area contributed by atoms with Gasteiger partial charge in [0.15, 0.2) is 0 Å². The van der Waals surface area contributed by atoms with E-state index in [2.05, 4.69) is 44.5 Å². The fourth-order valence-corrected chi connectivity index (χ4v) is 5.04. The number of hydrogen-bond donors (Lipinski definition) is 3. The van der Waals surface area contributed by atoms with Crippen molar-refractivity contribution in [2.24, 2.45) is 7.05 Å². The Morgan fingerprint density at radius 2 is 2.08 bits per heavy atom. The Morgan fingerprint density at radius 1 is 1.27 bits per heavy atom. The van der Waals surface area contributed by atoms with E-state index in [1.54, 1.807) is 22.8 Å². The molecule has 0 bridgehead atoms. The molecule has 1 amide bonds. The van der Waals surface area contributed by atoms with Gasteiger partial charge in [-0.25, -0.2) is 9.97 Å². The van der Waals surface area contributed by atoms with Gasteiger partial charge in [0.2, 0.25) is 5.95 Å². The van der Waals surface area contributed by atoms with Crippen molar-refractivity contribution in [3.05, 3.63) is 47.2 Å². The van der Waals surface area contributed by atoms with Crippen LogP contribution in [0.1, 0.15) is 60.3 Å². The molecule has 12 heteroatoms. The minimum Gasteiger partial charge on any atom is -0.356 e. The average Bonchev–Trinajstić information content (AvgIpc) is 3.40. The molecule has 0 spiro atoms. The van der Waals surface area contributed by atoms with E-state index in [1.165, 1.54) is 6.20 Å². The van der Waals surface area contributed by atoms with Gasteiger partial charge in [0.25, 0.3) is 5.91 Å². The number of aryl methyl sites for hydroxylation is 1. The highest BCUT2D eigenvalue weighted by Crippen LogP contribution is 2.39. The number of hydrogen-bond acceptors (Lipinski definition) is 6. The Kier molecular flexibility index (Phi) is 6.47. The maximum atomic E-state index is 14.0. The van der Waals surface area contributed by atoms with Gasteiger partial charge in [-0.05, 0) is 45.1 Å². The first-order chi connectivity index (χ1) is 17.5. The molecule has 5 rings (SSSR count). The second-order valence-electron chi connectivity index (χ2n) is 10.5. The van der Waals surface area contributed by atoms with Crippen LogP contribution < -0.4 is 10.6 Å². The highest BCUT2D eigenvalue weighted by atomic mass is 19.4. The van der Waals surface area contributed by atoms with Crippen LogP contribution >= 0.6 is 0 Å². The summed E-state index contributed by atoms with van der Waals surface area (Å²) in [5.41, 5.74) is 0.896. The number of rotatable bonds is 5. The van der Waals surface area contributed by atoms with Crippen LogP contribution in [0.3, 0.4) is 0 Å². The van der Waals surface area contributed by atoms with E-state index in [0.717, 1.165) is 24.6 Å². The van der Waals surface area contributed by atoms with Crippen LogP contribution in [-0.4, -0.2) is 60.2 Å². The maximum absolute atomic E-state index is 14.0. The number of aromatic nitrogens is 5. The zero-order valence-corrected chi connectivity index (χ0v) is 21.1. The topological polar surface area (TPSA) is 104 Å². The minimum absolute atomic E-state index is 0.00330. The number of nitrogens with one attached hydrogen (secondary N) is 3. The zero-order valence-electron chi connectivity index (χ0n) is 21.1. The lowest BCUT2D eigenvalue weighted by Gasteiger charge is -2.36. The van der Waals surface area contributed by atoms with E-state index in [1.807, 2.05) is 6.20 Å². The van der Waals surface area contributed by atoms with Gasteiger partial charge in [0, 0.05) is 68.0 Å². The van der Waals surface area contributed by atoms with E-state index >= 15 is 0 Å². The van der Waals surface area contributed by atoms with E-state index in [9.17, 15) is 18.0 Å². The summed E-state index contributed by atoms with van der Waals surface area (Å²) < 4.78 is 43.7. The summed E-state index contributed by atoms with van der Waals surface area (Å²) in [5.74, 6) is -0.109. The quantitative estimate of drug-likeness (QED) is 0.477. The molecule has 1 atom stereocenters. The first-order valence-electron chi connectivity index (χ1n) is 12.4. The molecule has 37 heavy (non-hydrogen) atoms. The molecule has 1 fully saturated rings. The van der Waals surface area contributed by atoms with Gasteiger partial charge in [-0.3, -0.25) is 9.48 Å². The normalized spacial score (nSPS) is 20.0. The Bertz CT molecular complexity index is 1290. The molecule has 198 valence electrons. The molecular formula is C25H31F3N8O. The van der Waals surface area contributed by atoms with Crippen molar-refractivity contribution in [1.82, 2.24) is 34.9 Å². The first kappa shape index (κ1) is 25.2. The van der Waals surface area contributed by atoms with E-state index in [4.69, 9.17) is 0 Å². The van der Waals surface area contributed by atoms with Crippen LogP contribution in [-0.2, 0) is 26.2 Å². The van der Waals surface area contributed by atoms with Crippen LogP contribution in [0.15, 0.2) is 24.8 Å². The molecular weight excluding hydrogens is 485 g/mol. The molecule has 1 unspecified atom stereocenters. The Hall–Kier alpha value is -3.41. The first-order valence-corrected chi connectivity index (χ1v) is 12.4. The summed E-state index contributed by atoms with van der Waals surface area (Å²) >= 11 is 0. The van der Waals surface area contributed by atoms with Gasteiger partial charge in [-0.2, -0.15) is 18.3 Å². The van der Waals surface area contributed by atoms with Crippen LogP contribution in [0.4, 0.5) is 19.1 Å². The fourth-order valence-electron chi connectivity index (χ4n) is 5.04. The zero-order chi connectivity index (χ0) is 26.4. The number of H-pyrrole nitrogens is 1. The van der Waals surface area contributed by atoms with Gasteiger partial charge in [0.05, 0.1) is 11.9 Å². The van der Waals surface area contributed by atoms with Crippen molar-refractivity contribution in [3.8, 4) is 11.3 Å². The summed E-state index contributed by atoms with van der Waals surface area (Å²) in [6.45, 7) is 5.76. The van der Waals surface area contributed by atoms with Gasteiger partial charge < -0.3 is 20.5 Å². The van der Waals surface area contributed by atoms with Crippen LogP contribution in [0.25, 0.3) is 11.3 Å². The number of amides is 1. The molecule has 2 aliphatic rings. The van der Waals surface area contributed by atoms with Gasteiger partial charge in [-0.15, -0.1) is 0 Å². The Labute approximate surface area is 212 Å². The lowest BCUT2D eigenvalue weighted by atomic mass is 9.91. The molecule has 9 nitrogen and oxygen atoms in total. The highest BCUT2D eigenvalue weighted by molar-refractivity contribution is 5.96. The Morgan fingerprint density at radius 3 is 2.76 bits per heavy atom. The predicted octanol–water partition coefficient (Wildman–Crippen LogP) is 3.76. The molecule has 1 saturated heterocycles. The summed E-state index contributed by atoms with van der Waals surface area (Å²) in [6.07, 6.45) is 4.02. The summed E-state index contributed by atoms with van der Waals surface area (Å²) in [7, 11) is 1.80. The lowest BCUT2D eigenvalue weighted by molar-refractivity contribution is -0.137. The van der Waals surface area contributed by atoms with Crippen LogP contribution in [0, 0.1) is 0 Å². The SMILES string of the molecule is Cn1cc(CN2CCCc3c(-c4nc(NC5CCC(C)(C)NC5)ncc4C(F)(F)F)c[nH]c3C2=O)cn1. The van der Waals surface area contributed by atoms with Crippen molar-refractivity contribution in [2.75, 3.05) is 18.4 Å². The molecule has 0 saturated carbocycles. The third-order valence-electron chi connectivity index (χ3n) is 7.10. The second-order valence-corrected chi connectivity index (χ2v) is 10.5. The number of fused-ring (bicyclic) bond motifs is 1. The van der Waals surface area contributed by atoms with Crippen molar-refractivity contribution in [2.45, 2.75) is 63.8 Å². The monoisotopic (exact) mass is 516 g/mol. The van der Waals surface area contributed by atoms with Crippen LogP contribution in [0.5, 0.6) is 0 Å². The molecule has 0 radical (unpaired) electrons. The maximum Gasteiger partial charge on any atom is 0.419 e. The lowest BCUT2D eigenvalue weighted by Crippen LogP contribution is -2.50. The van der Waals surface area contributed by atoms with Crippen molar-refractivity contribution in [1.29, 1.82) is 0 Å². The van der Waals surface area contributed by atoms with E-state index < -0.39 is 11.7 Å². The number of carbonyl (C=O) groups is 1. The molecule has 2 aliphatic heterocycles. The predicted molar refractivity (Wildman–Crippen MR) is 132 cm³/mol. The third-order valence-corrected chi connectivity index (χ3v) is 7.10. The van der Waals surface area contributed by atoms with Crippen molar-refractivity contribution in [3.63, 3.8) is 0 Å². The van der Waals surface area contributed by atoms with E-state index in [-0.39, 0.29) is 34.7 Å². The molecule has 0 aromatic carbocycles. The molecule has 3 N–H and O–H groups in total. The minimum atomic E-state index is -4.64. The highest BCUT2D eigenvalue weighted by Gasteiger charge is 2.38. The average molecular weight is 517 g/mol. The number of piperidine rings is 1. The number of alkyl halides is 3. The van der Waals surface area contributed by atoms with Crippen molar-refractivity contribution < 1.29 is 18.0 Å². The molecule has 3 aromatic heterocycles. The fraction of sp³-hybridized carbons (Fsp3) is 0.520. The standard InChI is InChI=1S/C25H31F3N8O/c1-24(2)7-6-16(10-31-24)33-23-30-12-19(25(26,27)28)20(34-23)18-11-29-21-17(18)5-4-8-36(22(21)37)14-15-9-32-35(3)13-15/h9,11-13,16,29,31H,4-8,10,14H2,1-3H3,(H,30,33,34). The number of aromatic amines is 1. The Balaban J connectivity index is 1.45. The number of anilines is 1.